The lowest BCUT2D eigenvalue weighted by Crippen LogP contribution is -1.99. The van der Waals surface area contributed by atoms with Gasteiger partial charge in [-0.15, -0.1) is 0 Å². The predicted octanol–water partition coefficient (Wildman–Crippen LogP) is 3.41. The number of rotatable bonds is 3. The lowest BCUT2D eigenvalue weighted by Gasteiger charge is -1.98. The highest BCUT2D eigenvalue weighted by atomic mass is 35.5. The minimum atomic E-state index is -0.291. The van der Waals surface area contributed by atoms with Gasteiger partial charge in [0, 0.05) is 10.6 Å². The highest BCUT2D eigenvalue weighted by Crippen LogP contribution is 2.17. The molecule has 2 N–H and O–H groups in total. The zero-order chi connectivity index (χ0) is 14.8. The molecule has 0 aliphatic rings. The average Bonchev–Trinajstić information content (AvgIpc) is 2.85. The Kier molecular flexibility index (Phi) is 3.46. The fourth-order valence-electron chi connectivity index (χ4n) is 2.06. The number of imidazole rings is 1. The van der Waals surface area contributed by atoms with E-state index in [1.54, 1.807) is 30.3 Å². The van der Waals surface area contributed by atoms with Crippen molar-refractivity contribution in [1.29, 1.82) is 0 Å². The molecule has 0 amide bonds. The van der Waals surface area contributed by atoms with Crippen LogP contribution < -0.4 is 5.69 Å². The summed E-state index contributed by atoms with van der Waals surface area (Å²) in [5, 5.41) is 0.590. The van der Waals surface area contributed by atoms with Crippen LogP contribution in [0.1, 0.15) is 15.9 Å². The van der Waals surface area contributed by atoms with Crippen molar-refractivity contribution in [2.45, 2.75) is 0 Å². The normalized spacial score (nSPS) is 11.3. The number of hydrogen-bond acceptors (Lipinski definition) is 2. The van der Waals surface area contributed by atoms with Gasteiger partial charge in [0.25, 0.3) is 0 Å². The van der Waals surface area contributed by atoms with Gasteiger partial charge in [-0.25, -0.2) is 4.79 Å². The minimum Gasteiger partial charge on any atom is -0.306 e. The predicted molar refractivity (Wildman–Crippen MR) is 83.7 cm³/mol. The van der Waals surface area contributed by atoms with Gasteiger partial charge in [-0.1, -0.05) is 29.8 Å². The van der Waals surface area contributed by atoms with E-state index in [-0.39, 0.29) is 11.5 Å². The number of allylic oxidation sites excluding steroid dienone is 1. The topological polar surface area (TPSA) is 65.7 Å². The van der Waals surface area contributed by atoms with E-state index in [4.69, 9.17) is 11.6 Å². The van der Waals surface area contributed by atoms with E-state index in [1.807, 2.05) is 18.2 Å². The number of carbonyl (C=O) groups is 1. The summed E-state index contributed by atoms with van der Waals surface area (Å²) in [7, 11) is 0. The fourth-order valence-corrected chi connectivity index (χ4v) is 2.26. The Morgan fingerprint density at radius 2 is 1.81 bits per heavy atom. The molecule has 2 aromatic carbocycles. The summed E-state index contributed by atoms with van der Waals surface area (Å²) in [5.74, 6) is -0.154. The smallest absolute Gasteiger partial charge is 0.306 e. The number of carbonyl (C=O) groups excluding carboxylic acids is 1. The maximum atomic E-state index is 12.1. The Bertz CT molecular complexity index is 906. The van der Waals surface area contributed by atoms with Crippen LogP contribution >= 0.6 is 11.6 Å². The van der Waals surface area contributed by atoms with Crippen LogP contribution in [0.25, 0.3) is 17.1 Å². The van der Waals surface area contributed by atoms with Crippen LogP contribution in [0.5, 0.6) is 0 Å². The van der Waals surface area contributed by atoms with Crippen LogP contribution in [0, 0.1) is 0 Å². The number of aromatic amines is 2. The lowest BCUT2D eigenvalue weighted by molar-refractivity contribution is 0.104. The van der Waals surface area contributed by atoms with E-state index in [0.717, 1.165) is 5.56 Å². The zero-order valence-electron chi connectivity index (χ0n) is 10.9. The molecule has 0 bridgehead atoms. The van der Waals surface area contributed by atoms with Gasteiger partial charge < -0.3 is 9.97 Å². The van der Waals surface area contributed by atoms with Gasteiger partial charge in [0.1, 0.15) is 0 Å². The third-order valence-electron chi connectivity index (χ3n) is 3.12. The maximum Gasteiger partial charge on any atom is 0.323 e. The van der Waals surface area contributed by atoms with Crippen LogP contribution in [-0.4, -0.2) is 15.8 Å². The van der Waals surface area contributed by atoms with Crippen LogP contribution in [0.4, 0.5) is 0 Å². The van der Waals surface area contributed by atoms with Crippen molar-refractivity contribution < 1.29 is 4.79 Å². The summed E-state index contributed by atoms with van der Waals surface area (Å²) < 4.78 is 0. The first-order valence-electron chi connectivity index (χ1n) is 6.32. The van der Waals surface area contributed by atoms with Gasteiger partial charge in [0.05, 0.1) is 11.0 Å². The number of H-pyrrole nitrogens is 2. The SMILES string of the molecule is O=C(C=Cc1ccccc1Cl)c1ccc2[nH]c(=O)[nH]c2c1. The van der Waals surface area contributed by atoms with Gasteiger partial charge >= 0.3 is 5.69 Å². The second-order valence-corrected chi connectivity index (χ2v) is 4.97. The van der Waals surface area contributed by atoms with Crippen molar-refractivity contribution in [2.75, 3.05) is 0 Å². The van der Waals surface area contributed by atoms with Gasteiger partial charge in [-0.2, -0.15) is 0 Å². The first-order chi connectivity index (χ1) is 10.1. The highest BCUT2D eigenvalue weighted by Gasteiger charge is 2.05. The molecule has 0 saturated carbocycles. The first-order valence-corrected chi connectivity index (χ1v) is 6.70. The second kappa shape index (κ2) is 5.42. The monoisotopic (exact) mass is 298 g/mol. The molecule has 0 unspecified atom stereocenters. The van der Waals surface area contributed by atoms with E-state index in [1.165, 1.54) is 6.08 Å². The third-order valence-corrected chi connectivity index (χ3v) is 3.46. The summed E-state index contributed by atoms with van der Waals surface area (Å²) in [4.78, 5) is 28.6. The van der Waals surface area contributed by atoms with Crippen molar-refractivity contribution in [3.05, 3.63) is 75.2 Å². The van der Waals surface area contributed by atoms with Crippen molar-refractivity contribution in [1.82, 2.24) is 9.97 Å². The lowest BCUT2D eigenvalue weighted by atomic mass is 10.1. The van der Waals surface area contributed by atoms with E-state index < -0.39 is 0 Å². The molecule has 0 aliphatic heterocycles. The first kappa shape index (κ1) is 13.4. The number of fused-ring (bicyclic) bond motifs is 1. The van der Waals surface area contributed by atoms with Crippen molar-refractivity contribution in [2.24, 2.45) is 0 Å². The highest BCUT2D eigenvalue weighted by molar-refractivity contribution is 6.32. The zero-order valence-corrected chi connectivity index (χ0v) is 11.6. The van der Waals surface area contributed by atoms with Gasteiger partial charge in [0.2, 0.25) is 0 Å². The molecule has 21 heavy (non-hydrogen) atoms. The molecule has 0 fully saturated rings. The number of benzene rings is 2. The standard InChI is InChI=1S/C16H11ClN2O2/c17-12-4-2-1-3-10(12)6-8-15(20)11-5-7-13-14(9-11)19-16(21)18-13/h1-9H,(H2,18,19,21). The molecular formula is C16H11ClN2O2. The molecular weight excluding hydrogens is 288 g/mol. The fraction of sp³-hybridized carbons (Fsp3) is 0. The minimum absolute atomic E-state index is 0.154. The Labute approximate surface area is 125 Å². The Hall–Kier alpha value is -2.59. The number of nitrogens with one attached hydrogen (secondary N) is 2. The van der Waals surface area contributed by atoms with Gasteiger partial charge in [-0.3, -0.25) is 4.79 Å². The number of ketones is 1. The van der Waals surface area contributed by atoms with E-state index in [0.29, 0.717) is 21.6 Å². The molecule has 0 radical (unpaired) electrons. The number of hydrogen-bond donors (Lipinski definition) is 2. The molecule has 0 aliphatic carbocycles. The van der Waals surface area contributed by atoms with E-state index in [9.17, 15) is 9.59 Å². The average molecular weight is 299 g/mol. The molecule has 4 nitrogen and oxygen atoms in total. The van der Waals surface area contributed by atoms with Crippen molar-refractivity contribution >= 4 is 34.5 Å². The van der Waals surface area contributed by atoms with Crippen LogP contribution in [0.15, 0.2) is 53.3 Å². The van der Waals surface area contributed by atoms with Crippen LogP contribution in [0.3, 0.4) is 0 Å². The Balaban J connectivity index is 1.90. The molecule has 5 heteroatoms. The molecule has 1 aromatic heterocycles. The molecule has 3 rings (SSSR count). The summed E-state index contributed by atoms with van der Waals surface area (Å²) in [6.07, 6.45) is 3.14. The summed E-state index contributed by atoms with van der Waals surface area (Å²) in [5.41, 5.74) is 2.27. The van der Waals surface area contributed by atoms with Crippen LogP contribution in [-0.2, 0) is 0 Å². The largest absolute Gasteiger partial charge is 0.323 e. The van der Waals surface area contributed by atoms with E-state index in [2.05, 4.69) is 9.97 Å². The van der Waals surface area contributed by atoms with Crippen molar-refractivity contribution in [3.63, 3.8) is 0 Å². The molecule has 0 saturated heterocycles. The Morgan fingerprint density at radius 1 is 1.05 bits per heavy atom. The van der Waals surface area contributed by atoms with Crippen molar-refractivity contribution in [3.8, 4) is 0 Å². The van der Waals surface area contributed by atoms with Gasteiger partial charge in [-0.05, 0) is 42.0 Å². The number of aromatic nitrogens is 2. The molecule has 104 valence electrons. The van der Waals surface area contributed by atoms with Crippen LogP contribution in [0.2, 0.25) is 5.02 Å². The third kappa shape index (κ3) is 2.80. The quantitative estimate of drug-likeness (QED) is 0.575. The van der Waals surface area contributed by atoms with Gasteiger partial charge in [0.15, 0.2) is 5.78 Å². The molecule has 3 aromatic rings. The summed E-state index contributed by atoms with van der Waals surface area (Å²) >= 11 is 6.03. The van der Waals surface area contributed by atoms with E-state index >= 15 is 0 Å². The maximum absolute atomic E-state index is 12.1. The Morgan fingerprint density at radius 3 is 2.62 bits per heavy atom. The number of halogens is 1. The molecule has 1 heterocycles. The summed E-state index contributed by atoms with van der Waals surface area (Å²) in [6, 6.07) is 12.3. The molecule has 0 spiro atoms. The molecule has 0 atom stereocenters. The summed E-state index contributed by atoms with van der Waals surface area (Å²) in [6.45, 7) is 0. The second-order valence-electron chi connectivity index (χ2n) is 4.56.